The highest BCUT2D eigenvalue weighted by atomic mass is 19.4. The van der Waals surface area contributed by atoms with Crippen LogP contribution >= 0.6 is 0 Å². The third-order valence-electron chi connectivity index (χ3n) is 4.37. The Balaban J connectivity index is 0.000000195. The van der Waals surface area contributed by atoms with Crippen molar-refractivity contribution < 1.29 is 37.3 Å². The summed E-state index contributed by atoms with van der Waals surface area (Å²) in [6, 6.07) is 18.3. The lowest BCUT2D eigenvalue weighted by Gasteiger charge is -2.06. The van der Waals surface area contributed by atoms with Crippen LogP contribution in [-0.2, 0) is 11.0 Å². The van der Waals surface area contributed by atoms with Gasteiger partial charge >= 0.3 is 12.1 Å². The number of hydrogen-bond donors (Lipinski definition) is 2. The number of aliphatic hydroxyl groups is 1. The highest BCUT2D eigenvalue weighted by Crippen LogP contribution is 2.32. The van der Waals surface area contributed by atoms with Crippen LogP contribution in [0.5, 0.6) is 5.75 Å². The first-order valence-electron chi connectivity index (χ1n) is 9.27. The average Bonchev–Trinajstić information content (AvgIpc) is 3.23. The second kappa shape index (κ2) is 9.52. The number of aliphatic hydroxyl groups excluding tert-OH is 1. The Morgan fingerprint density at radius 1 is 1.03 bits per heavy atom. The summed E-state index contributed by atoms with van der Waals surface area (Å²) < 4.78 is 48.2. The molecule has 0 aliphatic heterocycles. The van der Waals surface area contributed by atoms with Gasteiger partial charge < -0.3 is 19.4 Å². The standard InChI is InChI=1S/C14H8F3NO.C9H10O4/c15-14(16,17)10-5-3-4-9(8-10)13-18-11-6-1-2-7-12(11)19-13;1-13-7-4-2-3-6(5-7)8(10)9(11)12/h1-8H;2-5,8,10H,1H3,(H,11,12). The number of aromatic nitrogens is 1. The van der Waals surface area contributed by atoms with Crippen molar-refractivity contribution in [2.24, 2.45) is 0 Å². The number of benzene rings is 3. The lowest BCUT2D eigenvalue weighted by atomic mass is 10.1. The van der Waals surface area contributed by atoms with Crippen molar-refractivity contribution in [1.82, 2.24) is 4.98 Å². The summed E-state index contributed by atoms with van der Waals surface area (Å²) in [5.41, 5.74) is 1.08. The monoisotopic (exact) mass is 445 g/mol. The van der Waals surface area contributed by atoms with E-state index in [9.17, 15) is 18.0 Å². The van der Waals surface area contributed by atoms with Crippen LogP contribution in [0.3, 0.4) is 0 Å². The molecule has 0 aliphatic rings. The molecule has 1 aromatic heterocycles. The maximum absolute atomic E-state index is 12.6. The Hall–Kier alpha value is -3.85. The second-order valence-electron chi connectivity index (χ2n) is 6.58. The van der Waals surface area contributed by atoms with E-state index in [2.05, 4.69) is 4.98 Å². The molecule has 0 bridgehead atoms. The summed E-state index contributed by atoms with van der Waals surface area (Å²) in [7, 11) is 1.48. The van der Waals surface area contributed by atoms with Gasteiger partial charge in [-0.15, -0.1) is 0 Å². The van der Waals surface area contributed by atoms with E-state index in [-0.39, 0.29) is 5.89 Å². The van der Waals surface area contributed by atoms with Crippen LogP contribution in [0.1, 0.15) is 17.2 Å². The Labute approximate surface area is 180 Å². The zero-order valence-corrected chi connectivity index (χ0v) is 16.7. The van der Waals surface area contributed by atoms with Crippen LogP contribution in [0.25, 0.3) is 22.6 Å². The summed E-state index contributed by atoms with van der Waals surface area (Å²) in [5.74, 6) is -0.557. The number of oxazole rings is 1. The number of ether oxygens (including phenoxy) is 1. The molecule has 0 fully saturated rings. The van der Waals surface area contributed by atoms with Gasteiger partial charge in [0, 0.05) is 5.56 Å². The molecule has 1 unspecified atom stereocenters. The predicted molar refractivity (Wildman–Crippen MR) is 110 cm³/mol. The topological polar surface area (TPSA) is 92.8 Å². The molecule has 1 heterocycles. The Morgan fingerprint density at radius 3 is 2.41 bits per heavy atom. The quantitative estimate of drug-likeness (QED) is 0.441. The number of nitrogens with zero attached hydrogens (tertiary/aromatic N) is 1. The van der Waals surface area contributed by atoms with E-state index in [4.69, 9.17) is 19.4 Å². The minimum atomic E-state index is -4.37. The molecule has 0 spiro atoms. The van der Waals surface area contributed by atoms with Crippen LogP contribution in [0.15, 0.2) is 77.2 Å². The van der Waals surface area contributed by atoms with Gasteiger partial charge in [-0.3, -0.25) is 0 Å². The molecule has 4 rings (SSSR count). The van der Waals surface area contributed by atoms with E-state index in [0.717, 1.165) is 12.1 Å². The van der Waals surface area contributed by atoms with Crippen LogP contribution < -0.4 is 4.74 Å². The molecule has 9 heteroatoms. The van der Waals surface area contributed by atoms with Gasteiger partial charge in [-0.05, 0) is 48.0 Å². The number of rotatable bonds is 4. The Bertz CT molecular complexity index is 1190. The SMILES string of the molecule is COc1cccc(C(O)C(=O)O)c1.FC(F)(F)c1cccc(-c2nc3ccccc3o2)c1. The maximum atomic E-state index is 12.6. The number of carboxylic acids is 1. The summed E-state index contributed by atoms with van der Waals surface area (Å²) in [6.07, 6.45) is -5.86. The number of halogens is 3. The van der Waals surface area contributed by atoms with E-state index >= 15 is 0 Å². The van der Waals surface area contributed by atoms with Gasteiger partial charge in [0.1, 0.15) is 11.3 Å². The molecule has 2 N–H and O–H groups in total. The highest BCUT2D eigenvalue weighted by molar-refractivity contribution is 5.76. The van der Waals surface area contributed by atoms with E-state index in [1.54, 1.807) is 42.5 Å². The summed E-state index contributed by atoms with van der Waals surface area (Å²) in [5, 5.41) is 17.7. The number of aliphatic carboxylic acids is 1. The fourth-order valence-corrected chi connectivity index (χ4v) is 2.78. The Morgan fingerprint density at radius 2 is 1.75 bits per heavy atom. The molecule has 0 aliphatic carbocycles. The first-order valence-corrected chi connectivity index (χ1v) is 9.27. The minimum Gasteiger partial charge on any atom is -0.497 e. The molecule has 6 nitrogen and oxygen atoms in total. The van der Waals surface area contributed by atoms with Gasteiger partial charge in [0.25, 0.3) is 0 Å². The molecule has 4 aromatic rings. The second-order valence-corrected chi connectivity index (χ2v) is 6.58. The van der Waals surface area contributed by atoms with Gasteiger partial charge in [-0.2, -0.15) is 13.2 Å². The number of fused-ring (bicyclic) bond motifs is 1. The third-order valence-corrected chi connectivity index (χ3v) is 4.37. The smallest absolute Gasteiger partial charge is 0.416 e. The van der Waals surface area contributed by atoms with Crippen LogP contribution in [0, 0.1) is 0 Å². The lowest BCUT2D eigenvalue weighted by Crippen LogP contribution is -2.10. The molecule has 0 saturated carbocycles. The fourth-order valence-electron chi connectivity index (χ4n) is 2.78. The van der Waals surface area contributed by atoms with Crippen molar-refractivity contribution in [1.29, 1.82) is 0 Å². The average molecular weight is 445 g/mol. The van der Waals surface area contributed by atoms with E-state index in [1.807, 2.05) is 0 Å². The van der Waals surface area contributed by atoms with Crippen molar-refractivity contribution in [3.63, 3.8) is 0 Å². The zero-order chi connectivity index (χ0) is 23.3. The van der Waals surface area contributed by atoms with Gasteiger partial charge in [-0.25, -0.2) is 9.78 Å². The van der Waals surface area contributed by atoms with Crippen LogP contribution in [0.2, 0.25) is 0 Å². The van der Waals surface area contributed by atoms with Crippen molar-refractivity contribution in [3.05, 3.63) is 83.9 Å². The largest absolute Gasteiger partial charge is 0.497 e. The molecule has 0 amide bonds. The molecule has 3 aromatic carbocycles. The van der Waals surface area contributed by atoms with Gasteiger partial charge in [0.15, 0.2) is 11.7 Å². The Kier molecular flexibility index (Phi) is 6.79. The lowest BCUT2D eigenvalue weighted by molar-refractivity contribution is -0.147. The van der Waals surface area contributed by atoms with Crippen LogP contribution in [-0.4, -0.2) is 28.3 Å². The van der Waals surface area contributed by atoms with E-state index < -0.39 is 23.8 Å². The summed E-state index contributed by atoms with van der Waals surface area (Å²) in [4.78, 5) is 14.6. The first-order chi connectivity index (χ1) is 15.2. The normalized spacial score (nSPS) is 12.0. The number of methoxy groups -OCH3 is 1. The first kappa shape index (κ1) is 22.8. The van der Waals surface area contributed by atoms with Crippen molar-refractivity contribution in [3.8, 4) is 17.2 Å². The maximum Gasteiger partial charge on any atom is 0.416 e. The molecule has 1 atom stereocenters. The molecule has 0 radical (unpaired) electrons. The molecule has 0 saturated heterocycles. The molecular weight excluding hydrogens is 427 g/mol. The van der Waals surface area contributed by atoms with Gasteiger partial charge in [0.05, 0.1) is 12.7 Å². The van der Waals surface area contributed by atoms with E-state index in [0.29, 0.717) is 28.0 Å². The van der Waals surface area contributed by atoms with Crippen molar-refractivity contribution in [2.75, 3.05) is 7.11 Å². The van der Waals surface area contributed by atoms with Crippen molar-refractivity contribution >= 4 is 17.1 Å². The molecular formula is C23H18F3NO5. The number of carboxylic acid groups (broad SMARTS) is 1. The zero-order valence-electron chi connectivity index (χ0n) is 16.7. The third kappa shape index (κ3) is 5.44. The van der Waals surface area contributed by atoms with E-state index in [1.165, 1.54) is 25.3 Å². The molecule has 32 heavy (non-hydrogen) atoms. The van der Waals surface area contributed by atoms with Crippen molar-refractivity contribution in [2.45, 2.75) is 12.3 Å². The number of para-hydroxylation sites is 2. The van der Waals surface area contributed by atoms with Gasteiger partial charge in [-0.1, -0.05) is 30.3 Å². The fraction of sp³-hybridized carbons (Fsp3) is 0.130. The number of alkyl halides is 3. The molecule has 166 valence electrons. The predicted octanol–water partition coefficient (Wildman–Crippen LogP) is 5.33. The van der Waals surface area contributed by atoms with Crippen LogP contribution in [0.4, 0.5) is 13.2 Å². The van der Waals surface area contributed by atoms with Gasteiger partial charge in [0.2, 0.25) is 5.89 Å². The number of hydrogen-bond acceptors (Lipinski definition) is 5. The summed E-state index contributed by atoms with van der Waals surface area (Å²) >= 11 is 0. The summed E-state index contributed by atoms with van der Waals surface area (Å²) in [6.45, 7) is 0. The minimum absolute atomic E-state index is 0.187. The highest BCUT2D eigenvalue weighted by Gasteiger charge is 2.30. The number of carbonyl (C=O) groups is 1.